The zero-order valence-corrected chi connectivity index (χ0v) is 21.1. The highest BCUT2D eigenvalue weighted by Gasteiger charge is 2.31. The van der Waals surface area contributed by atoms with E-state index in [0.29, 0.717) is 17.0 Å². The predicted molar refractivity (Wildman–Crippen MR) is 135 cm³/mol. The third-order valence-electron chi connectivity index (χ3n) is 6.99. The van der Waals surface area contributed by atoms with E-state index in [9.17, 15) is 9.59 Å². The van der Waals surface area contributed by atoms with Crippen LogP contribution in [0.1, 0.15) is 80.4 Å². The van der Waals surface area contributed by atoms with Crippen molar-refractivity contribution in [1.82, 2.24) is 13.9 Å². The van der Waals surface area contributed by atoms with Crippen LogP contribution in [0.15, 0.2) is 35.1 Å². The van der Waals surface area contributed by atoms with Gasteiger partial charge in [0.15, 0.2) is 0 Å². The van der Waals surface area contributed by atoms with Gasteiger partial charge < -0.3 is 10.3 Å². The topological polar surface area (TPSA) is 75.0 Å². The fraction of sp³-hybridized carbons (Fsp3) is 0.481. The van der Waals surface area contributed by atoms with E-state index in [1.807, 2.05) is 55.9 Å². The minimum absolute atomic E-state index is 0.130. The van der Waals surface area contributed by atoms with Gasteiger partial charge in [0.25, 0.3) is 11.5 Å². The van der Waals surface area contributed by atoms with Crippen LogP contribution in [0.3, 0.4) is 0 Å². The van der Waals surface area contributed by atoms with E-state index in [2.05, 4.69) is 32.3 Å². The van der Waals surface area contributed by atoms with Crippen LogP contribution in [-0.4, -0.2) is 19.8 Å². The van der Waals surface area contributed by atoms with Crippen molar-refractivity contribution in [3.05, 3.63) is 63.3 Å². The summed E-state index contributed by atoms with van der Waals surface area (Å²) in [4.78, 5) is 26.7. The van der Waals surface area contributed by atoms with E-state index in [-0.39, 0.29) is 11.6 Å². The number of primary amides is 1. The maximum absolute atomic E-state index is 13.9. The van der Waals surface area contributed by atoms with Crippen LogP contribution >= 0.6 is 0 Å². The molecule has 6 heteroatoms. The summed E-state index contributed by atoms with van der Waals surface area (Å²) in [7, 11) is 1.88. The molecule has 0 radical (unpaired) electrons. The Bertz CT molecular complexity index is 1200. The van der Waals surface area contributed by atoms with E-state index in [0.717, 1.165) is 54.0 Å². The molecule has 1 unspecified atom stereocenters. The van der Waals surface area contributed by atoms with Gasteiger partial charge in [0, 0.05) is 35.7 Å². The molecule has 0 saturated carbocycles. The van der Waals surface area contributed by atoms with Crippen molar-refractivity contribution in [2.45, 2.75) is 73.3 Å². The number of nitrogens with two attached hydrogens (primary N) is 1. The number of carbonyl (C=O) groups excluding carboxylic acids is 1. The Morgan fingerprint density at radius 3 is 2.18 bits per heavy atom. The van der Waals surface area contributed by atoms with Crippen LogP contribution in [0.4, 0.5) is 0 Å². The zero-order valence-electron chi connectivity index (χ0n) is 21.1. The molecule has 6 nitrogen and oxygen atoms in total. The van der Waals surface area contributed by atoms with Gasteiger partial charge in [0.05, 0.1) is 16.8 Å². The maximum Gasteiger partial charge on any atom is 0.279 e. The van der Waals surface area contributed by atoms with Gasteiger partial charge in [-0.25, -0.2) is 4.68 Å². The Labute approximate surface area is 197 Å². The average Bonchev–Trinajstić information content (AvgIpc) is 3.17. The van der Waals surface area contributed by atoms with Gasteiger partial charge in [0.1, 0.15) is 0 Å². The molecule has 178 valence electrons. The first-order valence-electron chi connectivity index (χ1n) is 12.0. The predicted octanol–water partition coefficient (Wildman–Crippen LogP) is 5.31. The first-order valence-corrected chi connectivity index (χ1v) is 12.0. The van der Waals surface area contributed by atoms with Crippen LogP contribution in [0, 0.1) is 19.8 Å². The van der Waals surface area contributed by atoms with E-state index >= 15 is 0 Å². The summed E-state index contributed by atoms with van der Waals surface area (Å²) in [5.74, 6) is -0.115. The third kappa shape index (κ3) is 4.31. The molecular formula is C27H38N4O2. The fourth-order valence-corrected chi connectivity index (χ4v) is 4.83. The number of benzene rings is 1. The van der Waals surface area contributed by atoms with Crippen molar-refractivity contribution in [2.75, 3.05) is 0 Å². The van der Waals surface area contributed by atoms with E-state index in [1.165, 1.54) is 0 Å². The molecule has 0 fully saturated rings. The Hall–Kier alpha value is -3.02. The number of aromatic nitrogens is 3. The molecular weight excluding hydrogens is 412 g/mol. The van der Waals surface area contributed by atoms with Crippen molar-refractivity contribution in [3.8, 4) is 16.8 Å². The van der Waals surface area contributed by atoms with Gasteiger partial charge >= 0.3 is 0 Å². The van der Waals surface area contributed by atoms with Gasteiger partial charge in [-0.15, -0.1) is 0 Å². The summed E-state index contributed by atoms with van der Waals surface area (Å²) in [5, 5.41) is 0. The molecule has 3 aromatic rings. The molecule has 2 N–H and O–H groups in total. The molecule has 0 spiro atoms. The lowest BCUT2D eigenvalue weighted by Gasteiger charge is -2.23. The zero-order chi connectivity index (χ0) is 24.4. The van der Waals surface area contributed by atoms with Crippen LogP contribution in [0.25, 0.3) is 16.8 Å². The van der Waals surface area contributed by atoms with E-state index in [1.54, 1.807) is 4.68 Å². The lowest BCUT2D eigenvalue weighted by molar-refractivity contribution is 0.1000. The smallest absolute Gasteiger partial charge is 0.279 e. The maximum atomic E-state index is 13.9. The van der Waals surface area contributed by atoms with E-state index < -0.39 is 5.91 Å². The highest BCUT2D eigenvalue weighted by Crippen LogP contribution is 2.37. The van der Waals surface area contributed by atoms with Gasteiger partial charge in [0.2, 0.25) is 0 Å². The second kappa shape index (κ2) is 9.86. The number of nitrogens with zero attached hydrogens (tertiary/aromatic N) is 3. The molecule has 3 rings (SSSR count). The Morgan fingerprint density at radius 1 is 1.00 bits per heavy atom. The highest BCUT2D eigenvalue weighted by atomic mass is 16.1. The van der Waals surface area contributed by atoms with Crippen molar-refractivity contribution in [3.63, 3.8) is 0 Å². The number of unbranched alkanes of at least 4 members (excludes halogenated alkanes) is 2. The van der Waals surface area contributed by atoms with Crippen molar-refractivity contribution >= 4 is 5.91 Å². The molecule has 1 amide bonds. The molecule has 0 aliphatic rings. The van der Waals surface area contributed by atoms with E-state index in [4.69, 9.17) is 5.73 Å². The third-order valence-corrected chi connectivity index (χ3v) is 6.99. The highest BCUT2D eigenvalue weighted by molar-refractivity contribution is 6.02. The van der Waals surface area contributed by atoms with Crippen molar-refractivity contribution in [1.29, 1.82) is 0 Å². The first kappa shape index (κ1) is 24.6. The lowest BCUT2D eigenvalue weighted by Crippen LogP contribution is -2.21. The molecule has 0 bridgehead atoms. The summed E-state index contributed by atoms with van der Waals surface area (Å²) in [5.41, 5.74) is 11.1. The first-order chi connectivity index (χ1) is 15.6. The second-order valence-corrected chi connectivity index (χ2v) is 9.39. The lowest BCUT2D eigenvalue weighted by atomic mass is 9.97. The Morgan fingerprint density at radius 2 is 1.64 bits per heavy atom. The van der Waals surface area contributed by atoms with Crippen molar-refractivity contribution < 1.29 is 4.79 Å². The molecule has 1 atom stereocenters. The van der Waals surface area contributed by atoms with Crippen molar-refractivity contribution in [2.24, 2.45) is 18.7 Å². The van der Waals surface area contributed by atoms with Crippen LogP contribution < -0.4 is 11.3 Å². The normalized spacial score (nSPS) is 12.5. The second-order valence-electron chi connectivity index (χ2n) is 9.39. The number of hydrogen-bond donors (Lipinski definition) is 1. The van der Waals surface area contributed by atoms with Crippen LogP contribution in [0.2, 0.25) is 0 Å². The quantitative estimate of drug-likeness (QED) is 0.449. The summed E-state index contributed by atoms with van der Waals surface area (Å²) < 4.78 is 5.80. The number of carbonyl (C=O) groups is 1. The number of amides is 1. The SMILES string of the molecule is CCCCCc1c(-c2c(C)n(C)n(-c3ccccc3)c2=O)c(C(N)=O)c(C)n1C(C)C(C)C. The van der Waals surface area contributed by atoms with Gasteiger partial charge in [-0.3, -0.25) is 14.3 Å². The molecule has 2 heterocycles. The molecule has 33 heavy (non-hydrogen) atoms. The molecule has 1 aromatic carbocycles. The van der Waals surface area contributed by atoms with Gasteiger partial charge in [-0.2, -0.15) is 0 Å². The molecule has 2 aromatic heterocycles. The molecule has 0 saturated heterocycles. The minimum atomic E-state index is -0.483. The monoisotopic (exact) mass is 450 g/mol. The minimum Gasteiger partial charge on any atom is -0.366 e. The Kier molecular flexibility index (Phi) is 7.35. The molecule has 0 aliphatic heterocycles. The number of rotatable bonds is 9. The van der Waals surface area contributed by atoms with Gasteiger partial charge in [-0.05, 0) is 51.7 Å². The largest absolute Gasteiger partial charge is 0.366 e. The van der Waals surface area contributed by atoms with Crippen LogP contribution in [-0.2, 0) is 13.5 Å². The molecule has 0 aliphatic carbocycles. The Balaban J connectivity index is 2.41. The summed E-state index contributed by atoms with van der Waals surface area (Å²) >= 11 is 0. The summed E-state index contributed by atoms with van der Waals surface area (Å²) in [6.07, 6.45) is 3.98. The summed E-state index contributed by atoms with van der Waals surface area (Å²) in [6, 6.07) is 9.77. The standard InChI is InChI=1S/C27H38N4O2/c1-8-9-11-16-22-25(23(26(28)32)20(6)30(22)18(4)17(2)3)24-19(5)29(7)31(27(24)33)21-14-12-10-13-15-21/h10,12-15,17-18H,8-9,11,16H2,1-7H3,(H2,28,32). The fourth-order valence-electron chi connectivity index (χ4n) is 4.83. The number of hydrogen-bond acceptors (Lipinski definition) is 2. The summed E-state index contributed by atoms with van der Waals surface area (Å²) in [6.45, 7) is 12.6. The average molecular weight is 451 g/mol. The van der Waals surface area contributed by atoms with Crippen LogP contribution in [0.5, 0.6) is 0 Å². The van der Waals surface area contributed by atoms with Gasteiger partial charge in [-0.1, -0.05) is 51.8 Å². The number of para-hydroxylation sites is 1.